The first kappa shape index (κ1) is 24.0. The van der Waals surface area contributed by atoms with Crippen LogP contribution in [0.3, 0.4) is 0 Å². The summed E-state index contributed by atoms with van der Waals surface area (Å²) in [6, 6.07) is 43.6. The maximum absolute atomic E-state index is 5.12. The van der Waals surface area contributed by atoms with Crippen molar-refractivity contribution in [2.75, 3.05) is 0 Å². The summed E-state index contributed by atoms with van der Waals surface area (Å²) in [6.07, 6.45) is 5.60. The third-order valence-corrected chi connectivity index (χ3v) is 8.73. The van der Waals surface area contributed by atoms with Gasteiger partial charge in [-0.2, -0.15) is 0 Å². The topological polar surface area (TPSA) is 25.8 Å². The fraction of sp³-hybridized carbons (Fsp3) is 0.128. The quantitative estimate of drug-likeness (QED) is 0.122. The second-order valence-electron chi connectivity index (χ2n) is 11.1. The molecule has 0 amide bonds. The highest BCUT2D eigenvalue weighted by atomic mass is 14.7. The van der Waals surface area contributed by atoms with Crippen LogP contribution in [-0.2, 0) is 12.8 Å². The Bertz CT molecular complexity index is 2090. The Morgan fingerprint density at radius 1 is 0.341 bits per heavy atom. The van der Waals surface area contributed by atoms with E-state index in [0.29, 0.717) is 0 Å². The number of pyridine rings is 2. The molecule has 0 unspecified atom stereocenters. The van der Waals surface area contributed by atoms with Crippen LogP contribution in [0.1, 0.15) is 30.4 Å². The predicted molar refractivity (Wildman–Crippen MR) is 175 cm³/mol. The van der Waals surface area contributed by atoms with Gasteiger partial charge in [-0.3, -0.25) is 0 Å². The first-order chi connectivity index (χ1) is 20.3. The Hall–Kier alpha value is -4.82. The maximum atomic E-state index is 5.12. The zero-order valence-electron chi connectivity index (χ0n) is 23.0. The van der Waals surface area contributed by atoms with E-state index in [0.717, 1.165) is 47.8 Å². The summed E-state index contributed by atoms with van der Waals surface area (Å²) in [4.78, 5) is 10.2. The van der Waals surface area contributed by atoms with E-state index in [9.17, 15) is 0 Å². The summed E-state index contributed by atoms with van der Waals surface area (Å²) in [5, 5.41) is 10.1. The molecule has 0 bridgehead atoms. The number of fused-ring (bicyclic) bond motifs is 8. The van der Waals surface area contributed by atoms with E-state index in [4.69, 9.17) is 9.97 Å². The number of hydrogen-bond donors (Lipinski definition) is 0. The Morgan fingerprint density at radius 3 is 1.24 bits per heavy atom. The Balaban J connectivity index is 1.11. The SMILES string of the molecule is c1ccc2c(c1)ccc1c(CCCCCc3c4ccccc4nc4c3ccc3ccccc34)c3ccccc3nc12. The van der Waals surface area contributed by atoms with E-state index in [1.54, 1.807) is 0 Å². The molecule has 0 saturated heterocycles. The molecule has 0 N–H and O–H groups in total. The van der Waals surface area contributed by atoms with Crippen molar-refractivity contribution in [3.63, 3.8) is 0 Å². The van der Waals surface area contributed by atoms with Crippen molar-refractivity contribution >= 4 is 65.2 Å². The number of nitrogens with zero attached hydrogens (tertiary/aromatic N) is 2. The molecule has 0 aliphatic heterocycles. The summed E-state index contributed by atoms with van der Waals surface area (Å²) < 4.78 is 0. The van der Waals surface area contributed by atoms with Crippen molar-refractivity contribution in [3.8, 4) is 0 Å². The van der Waals surface area contributed by atoms with Crippen LogP contribution in [0.5, 0.6) is 0 Å². The van der Waals surface area contributed by atoms with Gasteiger partial charge in [-0.05, 0) is 59.7 Å². The Labute approximate surface area is 239 Å². The van der Waals surface area contributed by atoms with Gasteiger partial charge in [-0.1, -0.05) is 116 Å². The largest absolute Gasteiger partial charge is 0.247 e. The molecule has 41 heavy (non-hydrogen) atoms. The van der Waals surface area contributed by atoms with Gasteiger partial charge in [0.2, 0.25) is 0 Å². The zero-order valence-corrected chi connectivity index (χ0v) is 23.0. The normalized spacial score (nSPS) is 11.9. The monoisotopic (exact) mass is 526 g/mol. The highest BCUT2D eigenvalue weighted by Gasteiger charge is 2.13. The van der Waals surface area contributed by atoms with Crippen molar-refractivity contribution in [2.45, 2.75) is 32.1 Å². The molecule has 0 radical (unpaired) electrons. The Morgan fingerprint density at radius 2 is 0.756 bits per heavy atom. The molecule has 2 nitrogen and oxygen atoms in total. The molecule has 0 atom stereocenters. The molecule has 196 valence electrons. The van der Waals surface area contributed by atoms with E-state index >= 15 is 0 Å². The number of aromatic nitrogens is 2. The summed E-state index contributed by atoms with van der Waals surface area (Å²) in [5.41, 5.74) is 7.30. The highest BCUT2D eigenvalue weighted by molar-refractivity contribution is 6.11. The van der Waals surface area contributed by atoms with E-state index in [2.05, 4.69) is 121 Å². The van der Waals surface area contributed by atoms with Gasteiger partial charge in [0, 0.05) is 32.3 Å². The van der Waals surface area contributed by atoms with Gasteiger partial charge in [0.15, 0.2) is 0 Å². The highest BCUT2D eigenvalue weighted by Crippen LogP contribution is 2.34. The van der Waals surface area contributed by atoms with Crippen LogP contribution in [0.2, 0.25) is 0 Å². The van der Waals surface area contributed by atoms with Gasteiger partial charge in [0.25, 0.3) is 0 Å². The molecule has 0 aliphatic carbocycles. The van der Waals surface area contributed by atoms with Crippen LogP contribution in [-0.4, -0.2) is 9.97 Å². The fourth-order valence-corrected chi connectivity index (χ4v) is 6.74. The zero-order chi connectivity index (χ0) is 27.2. The summed E-state index contributed by atoms with van der Waals surface area (Å²) in [7, 11) is 0. The van der Waals surface area contributed by atoms with Crippen LogP contribution in [0, 0.1) is 0 Å². The smallest absolute Gasteiger partial charge is 0.0790 e. The minimum atomic E-state index is 1.06. The van der Waals surface area contributed by atoms with Gasteiger partial charge in [-0.15, -0.1) is 0 Å². The average molecular weight is 527 g/mol. The molecule has 8 rings (SSSR count). The molecule has 2 aromatic heterocycles. The van der Waals surface area contributed by atoms with Gasteiger partial charge >= 0.3 is 0 Å². The summed E-state index contributed by atoms with van der Waals surface area (Å²) >= 11 is 0. The first-order valence-corrected chi connectivity index (χ1v) is 14.7. The third-order valence-electron chi connectivity index (χ3n) is 8.73. The summed E-state index contributed by atoms with van der Waals surface area (Å²) in [6.45, 7) is 0. The van der Waals surface area contributed by atoms with Crippen LogP contribution >= 0.6 is 0 Å². The molecule has 0 fully saturated rings. The van der Waals surface area contributed by atoms with Crippen molar-refractivity contribution < 1.29 is 0 Å². The molecule has 6 aromatic carbocycles. The van der Waals surface area contributed by atoms with Gasteiger partial charge in [-0.25, -0.2) is 9.97 Å². The third kappa shape index (κ3) is 4.10. The number of rotatable bonds is 6. The lowest BCUT2D eigenvalue weighted by Crippen LogP contribution is -1.96. The van der Waals surface area contributed by atoms with Gasteiger partial charge in [0.05, 0.1) is 22.1 Å². The minimum absolute atomic E-state index is 1.06. The molecule has 0 saturated carbocycles. The standard InChI is InChI=1S/C39H30N2/c1(2-16-30-32-18-8-10-20-36(32)40-38-28-14-6-4-12-26(28)22-24-34(30)38)3-17-31-33-19-9-11-21-37(33)41-39-29-15-7-5-13-27(29)23-25-35(31)39/h4-15,18-25H,1-3,16-17H2. The molecule has 2 heterocycles. The molecule has 0 aliphatic rings. The van der Waals surface area contributed by atoms with E-state index in [1.807, 2.05) is 0 Å². The van der Waals surface area contributed by atoms with Crippen molar-refractivity contribution in [1.82, 2.24) is 9.97 Å². The van der Waals surface area contributed by atoms with Crippen LogP contribution in [0.25, 0.3) is 65.2 Å². The number of unbranched alkanes of at least 4 members (excludes halogenated alkanes) is 2. The van der Waals surface area contributed by atoms with E-state index < -0.39 is 0 Å². The molecular weight excluding hydrogens is 496 g/mol. The fourth-order valence-electron chi connectivity index (χ4n) is 6.74. The minimum Gasteiger partial charge on any atom is -0.247 e. The number of benzene rings is 6. The lowest BCUT2D eigenvalue weighted by molar-refractivity contribution is 0.684. The summed E-state index contributed by atoms with van der Waals surface area (Å²) in [5.74, 6) is 0. The predicted octanol–water partition coefficient (Wildman–Crippen LogP) is 10.4. The second-order valence-corrected chi connectivity index (χ2v) is 11.1. The molecule has 0 spiro atoms. The lowest BCUT2D eigenvalue weighted by atomic mass is 9.93. The van der Waals surface area contributed by atoms with Gasteiger partial charge < -0.3 is 0 Å². The van der Waals surface area contributed by atoms with E-state index in [1.165, 1.54) is 60.6 Å². The van der Waals surface area contributed by atoms with Crippen LogP contribution in [0.4, 0.5) is 0 Å². The first-order valence-electron chi connectivity index (χ1n) is 14.7. The van der Waals surface area contributed by atoms with Crippen molar-refractivity contribution in [1.29, 1.82) is 0 Å². The molecular formula is C39H30N2. The average Bonchev–Trinajstić information content (AvgIpc) is 3.03. The number of aryl methyl sites for hydroxylation is 2. The van der Waals surface area contributed by atoms with Crippen molar-refractivity contribution in [2.24, 2.45) is 0 Å². The van der Waals surface area contributed by atoms with E-state index in [-0.39, 0.29) is 0 Å². The molecule has 2 heteroatoms. The van der Waals surface area contributed by atoms with Crippen molar-refractivity contribution in [3.05, 3.63) is 132 Å². The number of hydrogen-bond acceptors (Lipinski definition) is 2. The molecule has 8 aromatic rings. The van der Waals surface area contributed by atoms with Crippen LogP contribution < -0.4 is 0 Å². The maximum Gasteiger partial charge on any atom is 0.0790 e. The van der Waals surface area contributed by atoms with Gasteiger partial charge in [0.1, 0.15) is 0 Å². The Kier molecular flexibility index (Phi) is 5.84. The second kappa shape index (κ2) is 9.98. The number of para-hydroxylation sites is 2. The van der Waals surface area contributed by atoms with Crippen LogP contribution in [0.15, 0.2) is 121 Å². The lowest BCUT2D eigenvalue weighted by Gasteiger charge is -2.14.